The van der Waals surface area contributed by atoms with E-state index < -0.39 is 21.0 Å². The van der Waals surface area contributed by atoms with Crippen molar-refractivity contribution < 1.29 is 17.1 Å². The topological polar surface area (TPSA) is 63.2 Å². The molecular weight excluding hydrogens is 269 g/mol. The largest absolute Gasteiger partial charge is 0.332 e. The predicted octanol–water partition coefficient (Wildman–Crippen LogP) is 2.08. The van der Waals surface area contributed by atoms with Gasteiger partial charge in [-0.2, -0.15) is 8.42 Å². The van der Waals surface area contributed by atoms with Crippen molar-refractivity contribution in [3.05, 3.63) is 23.8 Å². The highest BCUT2D eigenvalue weighted by molar-refractivity contribution is 7.86. The molecule has 4 nitrogen and oxygen atoms in total. The van der Waals surface area contributed by atoms with E-state index in [1.165, 1.54) is 6.07 Å². The fraction of sp³-hybridized carbons (Fsp3) is 0.300. The number of rotatable bonds is 4. The van der Waals surface area contributed by atoms with Gasteiger partial charge in [-0.05, 0) is 24.1 Å². The Morgan fingerprint density at radius 2 is 2.12 bits per heavy atom. The third-order valence-corrected chi connectivity index (χ3v) is 3.20. The second-order valence-electron chi connectivity index (χ2n) is 3.29. The second-order valence-corrected chi connectivity index (χ2v) is 4.91. The van der Waals surface area contributed by atoms with Gasteiger partial charge in [0.05, 0.1) is 0 Å². The molecule has 1 rings (SSSR count). The zero-order valence-corrected chi connectivity index (χ0v) is 10.6. The standard InChI is InChI=1S/C10H11ClFNO3S/c1-2-7-3-4-8(17(12,15)16)5-9(7)13-10(14)6-11/h3-5H,2,6H2,1H3,(H,13,14). The summed E-state index contributed by atoms with van der Waals surface area (Å²) in [5.74, 6) is -0.731. The van der Waals surface area contributed by atoms with E-state index in [2.05, 4.69) is 5.32 Å². The molecule has 1 aromatic rings. The quantitative estimate of drug-likeness (QED) is 0.678. The first kappa shape index (κ1) is 13.9. The number of benzene rings is 1. The molecule has 0 fully saturated rings. The molecular formula is C10H11ClFNO3S. The van der Waals surface area contributed by atoms with Gasteiger partial charge in [-0.3, -0.25) is 4.79 Å². The van der Waals surface area contributed by atoms with E-state index in [0.717, 1.165) is 12.1 Å². The number of amides is 1. The lowest BCUT2D eigenvalue weighted by molar-refractivity contribution is -0.113. The molecule has 0 atom stereocenters. The van der Waals surface area contributed by atoms with Gasteiger partial charge in [-0.25, -0.2) is 0 Å². The van der Waals surface area contributed by atoms with E-state index in [0.29, 0.717) is 12.0 Å². The maximum Gasteiger partial charge on any atom is 0.332 e. The van der Waals surface area contributed by atoms with Crippen LogP contribution in [0.15, 0.2) is 23.1 Å². The number of alkyl halides is 1. The zero-order chi connectivity index (χ0) is 13.1. The first-order valence-corrected chi connectivity index (χ1v) is 6.73. The summed E-state index contributed by atoms with van der Waals surface area (Å²) < 4.78 is 34.3. The lowest BCUT2D eigenvalue weighted by atomic mass is 10.1. The normalized spacial score (nSPS) is 11.2. The predicted molar refractivity (Wildman–Crippen MR) is 63.5 cm³/mol. The van der Waals surface area contributed by atoms with E-state index in [1.54, 1.807) is 0 Å². The Hall–Kier alpha value is -1.14. The SMILES string of the molecule is CCc1ccc(S(=O)(=O)F)cc1NC(=O)CCl. The third kappa shape index (κ3) is 3.67. The summed E-state index contributed by atoms with van der Waals surface area (Å²) in [4.78, 5) is 10.6. The molecule has 0 spiro atoms. The highest BCUT2D eigenvalue weighted by atomic mass is 35.5. The molecule has 1 N–H and O–H groups in total. The molecule has 0 radical (unpaired) electrons. The number of carbonyl (C=O) groups excluding carboxylic acids is 1. The number of hydrogen-bond donors (Lipinski definition) is 1. The van der Waals surface area contributed by atoms with Crippen LogP contribution < -0.4 is 5.32 Å². The van der Waals surface area contributed by atoms with Crippen molar-refractivity contribution in [2.75, 3.05) is 11.2 Å². The molecule has 0 bridgehead atoms. The zero-order valence-electron chi connectivity index (χ0n) is 9.04. The number of hydrogen-bond acceptors (Lipinski definition) is 3. The Kier molecular flexibility index (Phi) is 4.47. The molecule has 0 aliphatic carbocycles. The molecule has 17 heavy (non-hydrogen) atoms. The summed E-state index contributed by atoms with van der Waals surface area (Å²) in [5.41, 5.74) is 0.966. The van der Waals surface area contributed by atoms with Gasteiger partial charge < -0.3 is 5.32 Å². The lowest BCUT2D eigenvalue weighted by Crippen LogP contribution is -2.14. The Balaban J connectivity index is 3.20. The van der Waals surface area contributed by atoms with Crippen molar-refractivity contribution in [3.8, 4) is 0 Å². The van der Waals surface area contributed by atoms with Crippen LogP contribution in [0.4, 0.5) is 9.57 Å². The van der Waals surface area contributed by atoms with Gasteiger partial charge in [0.2, 0.25) is 5.91 Å². The molecule has 7 heteroatoms. The van der Waals surface area contributed by atoms with E-state index in [-0.39, 0.29) is 11.6 Å². The van der Waals surface area contributed by atoms with E-state index >= 15 is 0 Å². The molecule has 0 saturated carbocycles. The van der Waals surface area contributed by atoms with Crippen molar-refractivity contribution in [3.63, 3.8) is 0 Å². The highest BCUT2D eigenvalue weighted by Gasteiger charge is 2.15. The Bertz CT molecular complexity index is 530. The molecule has 1 aromatic carbocycles. The minimum absolute atomic E-state index is 0.254. The fourth-order valence-electron chi connectivity index (χ4n) is 1.32. The van der Waals surface area contributed by atoms with Crippen molar-refractivity contribution in [1.82, 2.24) is 0 Å². The monoisotopic (exact) mass is 279 g/mol. The van der Waals surface area contributed by atoms with Gasteiger partial charge >= 0.3 is 10.2 Å². The van der Waals surface area contributed by atoms with Gasteiger partial charge in [-0.1, -0.05) is 13.0 Å². The van der Waals surface area contributed by atoms with Crippen LogP contribution in [-0.2, 0) is 21.4 Å². The fourth-order valence-corrected chi connectivity index (χ4v) is 1.87. The minimum atomic E-state index is -4.78. The molecule has 0 saturated heterocycles. The molecule has 0 aliphatic heterocycles. The number of anilines is 1. The van der Waals surface area contributed by atoms with Gasteiger partial charge in [0.15, 0.2) is 0 Å². The maximum atomic E-state index is 12.8. The first-order valence-electron chi connectivity index (χ1n) is 4.82. The molecule has 0 aliphatic rings. The van der Waals surface area contributed by atoms with Crippen molar-refractivity contribution >= 4 is 33.4 Å². The maximum absolute atomic E-state index is 12.8. The average Bonchev–Trinajstić information content (AvgIpc) is 2.27. The third-order valence-electron chi connectivity index (χ3n) is 2.14. The Morgan fingerprint density at radius 1 is 1.47 bits per heavy atom. The number of aryl methyl sites for hydroxylation is 1. The van der Waals surface area contributed by atoms with Gasteiger partial charge in [0.25, 0.3) is 0 Å². The summed E-state index contributed by atoms with van der Waals surface area (Å²) >= 11 is 5.32. The minimum Gasteiger partial charge on any atom is -0.325 e. The second kappa shape index (κ2) is 5.46. The smallest absolute Gasteiger partial charge is 0.325 e. The van der Waals surface area contributed by atoms with Gasteiger partial charge in [0.1, 0.15) is 10.8 Å². The first-order chi connectivity index (χ1) is 7.88. The molecule has 1 amide bonds. The Labute approximate surface area is 104 Å². The van der Waals surface area contributed by atoms with Crippen LogP contribution in [0.2, 0.25) is 0 Å². The van der Waals surface area contributed by atoms with Crippen LogP contribution in [0.3, 0.4) is 0 Å². The van der Waals surface area contributed by atoms with Crippen LogP contribution in [0.25, 0.3) is 0 Å². The Morgan fingerprint density at radius 3 is 2.59 bits per heavy atom. The van der Waals surface area contributed by atoms with Crippen LogP contribution >= 0.6 is 11.6 Å². The number of carbonyl (C=O) groups is 1. The van der Waals surface area contributed by atoms with Crippen LogP contribution in [0, 0.1) is 0 Å². The molecule has 0 heterocycles. The van der Waals surface area contributed by atoms with Crippen molar-refractivity contribution in [2.24, 2.45) is 0 Å². The molecule has 0 aromatic heterocycles. The highest BCUT2D eigenvalue weighted by Crippen LogP contribution is 2.22. The van der Waals surface area contributed by atoms with Crippen LogP contribution in [0.1, 0.15) is 12.5 Å². The van der Waals surface area contributed by atoms with Crippen LogP contribution in [0.5, 0.6) is 0 Å². The molecule has 0 unspecified atom stereocenters. The van der Waals surface area contributed by atoms with Gasteiger partial charge in [0, 0.05) is 5.69 Å². The molecule has 94 valence electrons. The summed E-state index contributed by atoms with van der Waals surface area (Å²) in [7, 11) is -4.78. The van der Waals surface area contributed by atoms with Crippen molar-refractivity contribution in [2.45, 2.75) is 18.2 Å². The van der Waals surface area contributed by atoms with Gasteiger partial charge in [-0.15, -0.1) is 15.5 Å². The van der Waals surface area contributed by atoms with Crippen molar-refractivity contribution in [1.29, 1.82) is 0 Å². The number of nitrogens with one attached hydrogen (secondary N) is 1. The summed E-state index contributed by atoms with van der Waals surface area (Å²) in [6, 6.07) is 3.69. The number of halogens is 2. The van der Waals surface area contributed by atoms with E-state index in [1.807, 2.05) is 6.92 Å². The lowest BCUT2D eigenvalue weighted by Gasteiger charge is -2.09. The average molecular weight is 280 g/mol. The summed E-state index contributed by atoms with van der Waals surface area (Å²) in [6.07, 6.45) is 0.574. The summed E-state index contributed by atoms with van der Waals surface area (Å²) in [6.45, 7) is 1.83. The van der Waals surface area contributed by atoms with E-state index in [4.69, 9.17) is 11.6 Å². The van der Waals surface area contributed by atoms with E-state index in [9.17, 15) is 17.1 Å². The van der Waals surface area contributed by atoms with Crippen LogP contribution in [-0.4, -0.2) is 20.2 Å². The summed E-state index contributed by atoms with van der Waals surface area (Å²) in [5, 5.41) is 2.42.